The summed E-state index contributed by atoms with van der Waals surface area (Å²) in [7, 11) is 0. The van der Waals surface area contributed by atoms with Crippen LogP contribution in [0.3, 0.4) is 0 Å². The van der Waals surface area contributed by atoms with Gasteiger partial charge in [0.15, 0.2) is 0 Å². The summed E-state index contributed by atoms with van der Waals surface area (Å²) in [5.41, 5.74) is 32.4. The topological polar surface area (TPSA) is 54.1 Å². The molecule has 0 aromatic heterocycles. The fourth-order valence-electron chi connectivity index (χ4n) is 17.3. The molecule has 0 atom stereocenters. The Morgan fingerprint density at radius 2 is 0.562 bits per heavy atom. The molecule has 0 unspecified atom stereocenters. The second-order valence-corrected chi connectivity index (χ2v) is 25.9. The fraction of sp³-hybridized carbons (Fsp3) is 0. The van der Waals surface area contributed by atoms with Gasteiger partial charge in [0.2, 0.25) is 13.4 Å². The lowest BCUT2D eigenvalue weighted by Gasteiger charge is -2.42. The molecule has 4 aliphatic heterocycles. The Balaban J connectivity index is 1.05. The third kappa shape index (κ3) is 7.67. The van der Waals surface area contributed by atoms with E-state index in [1.54, 1.807) is 0 Å². The highest BCUT2D eigenvalue weighted by atomic mass is 15.2. The summed E-state index contributed by atoms with van der Waals surface area (Å²) < 4.78 is 0. The Kier molecular flexibility index (Phi) is 11.7. The van der Waals surface area contributed by atoms with Gasteiger partial charge in [-0.3, -0.25) is 0 Å². The molecule has 16 aromatic rings. The zero-order valence-electron chi connectivity index (χ0n) is 52.0. The molecule has 4 heterocycles. The van der Waals surface area contributed by atoms with E-state index in [4.69, 9.17) is 0 Å². The molecule has 4 nitrogen and oxygen atoms in total. The second-order valence-electron chi connectivity index (χ2n) is 25.9. The summed E-state index contributed by atoms with van der Waals surface area (Å²) in [5.74, 6) is 0. The maximum atomic E-state index is 11.5. The number of nitriles is 2. The maximum absolute atomic E-state index is 11.5. The highest BCUT2D eigenvalue weighted by Gasteiger charge is 2.46. The molecule has 0 saturated heterocycles. The molecule has 0 fully saturated rings. The molecule has 0 aliphatic carbocycles. The van der Waals surface area contributed by atoms with Gasteiger partial charge in [0.05, 0.1) is 23.3 Å². The third-order valence-electron chi connectivity index (χ3n) is 21.0. The Labute approximate surface area is 557 Å². The monoisotopic (exact) mass is 1210 g/mol. The Morgan fingerprint density at radius 1 is 0.240 bits per heavy atom. The van der Waals surface area contributed by atoms with Crippen LogP contribution in [0.2, 0.25) is 0 Å². The van der Waals surface area contributed by atoms with Gasteiger partial charge in [-0.15, -0.1) is 0 Å². The smallest absolute Gasteiger partial charge is 0.248 e. The number of benzene rings is 16. The number of para-hydroxylation sites is 4. The van der Waals surface area contributed by atoms with Crippen LogP contribution in [0.1, 0.15) is 11.1 Å². The van der Waals surface area contributed by atoms with Gasteiger partial charge in [-0.2, -0.15) is 10.5 Å². The number of rotatable bonds is 8. The molecule has 4 aliphatic rings. The number of fused-ring (bicyclic) bond motifs is 8. The van der Waals surface area contributed by atoms with Crippen molar-refractivity contribution in [2.45, 2.75) is 0 Å². The first-order valence-electron chi connectivity index (χ1n) is 33.0. The van der Waals surface area contributed by atoms with Crippen molar-refractivity contribution in [3.8, 4) is 101 Å². The van der Waals surface area contributed by atoms with Crippen molar-refractivity contribution < 1.29 is 0 Å². The molecule has 0 radical (unpaired) electrons. The molecule has 0 N–H and O–H groups in total. The molecule has 0 spiro atoms. The lowest BCUT2D eigenvalue weighted by molar-refractivity contribution is 1.29. The summed E-state index contributed by atoms with van der Waals surface area (Å²) in [6.07, 6.45) is 0. The molecule has 6 heteroatoms. The van der Waals surface area contributed by atoms with Crippen molar-refractivity contribution in [3.05, 3.63) is 327 Å². The fourth-order valence-corrected chi connectivity index (χ4v) is 17.3. The number of nitrogens with zero attached hydrogens (tertiary/aromatic N) is 4. The van der Waals surface area contributed by atoms with Crippen molar-refractivity contribution in [2.75, 3.05) is 9.80 Å². The van der Waals surface area contributed by atoms with Gasteiger partial charge in [-0.05, 0) is 216 Å². The molecule has 0 bridgehead atoms. The van der Waals surface area contributed by atoms with E-state index in [9.17, 15) is 10.5 Å². The van der Waals surface area contributed by atoms with E-state index < -0.39 is 0 Å². The van der Waals surface area contributed by atoms with E-state index in [1.807, 2.05) is 0 Å². The zero-order valence-corrected chi connectivity index (χ0v) is 52.0. The average Bonchev–Trinajstić information content (AvgIpc) is 0.661. The molecular weight excluding hydrogens is 1160 g/mol. The molecule has 96 heavy (non-hydrogen) atoms. The van der Waals surface area contributed by atoms with Crippen molar-refractivity contribution >= 4 is 113 Å². The Hall–Kier alpha value is -12.7. The highest BCUT2D eigenvalue weighted by Crippen LogP contribution is 2.56. The normalized spacial score (nSPS) is 12.7. The Bertz CT molecular complexity index is 5550. The van der Waals surface area contributed by atoms with Crippen LogP contribution in [0, 0.1) is 22.7 Å². The maximum Gasteiger partial charge on any atom is 0.248 e. The van der Waals surface area contributed by atoms with Gasteiger partial charge in [0.1, 0.15) is 0 Å². The van der Waals surface area contributed by atoms with E-state index in [0.717, 1.165) is 134 Å². The van der Waals surface area contributed by atoms with Crippen LogP contribution in [-0.2, 0) is 0 Å². The second kappa shape index (κ2) is 20.9. The summed E-state index contributed by atoms with van der Waals surface area (Å²) in [6.45, 7) is -0.484. The van der Waals surface area contributed by atoms with Crippen LogP contribution in [0.5, 0.6) is 0 Å². The van der Waals surface area contributed by atoms with E-state index in [0.29, 0.717) is 11.1 Å². The lowest BCUT2D eigenvalue weighted by atomic mass is 9.31. The van der Waals surface area contributed by atoms with Crippen LogP contribution in [0.4, 0.5) is 34.1 Å². The van der Waals surface area contributed by atoms with Crippen molar-refractivity contribution in [3.63, 3.8) is 0 Å². The summed E-state index contributed by atoms with van der Waals surface area (Å²) in [5, 5.41) is 30.0. The van der Waals surface area contributed by atoms with Gasteiger partial charge < -0.3 is 9.80 Å². The van der Waals surface area contributed by atoms with Crippen molar-refractivity contribution in [2.24, 2.45) is 0 Å². The van der Waals surface area contributed by atoms with E-state index >= 15 is 0 Å². The van der Waals surface area contributed by atoms with Crippen LogP contribution in [0.25, 0.3) is 121 Å². The van der Waals surface area contributed by atoms with Gasteiger partial charge >= 0.3 is 0 Å². The number of hydrogen-bond acceptors (Lipinski definition) is 4. The lowest BCUT2D eigenvalue weighted by Crippen LogP contribution is -2.60. The van der Waals surface area contributed by atoms with E-state index in [2.05, 4.69) is 337 Å². The minimum Gasteiger partial charge on any atom is -0.311 e. The summed E-state index contributed by atoms with van der Waals surface area (Å²) in [6, 6.07) is 121. The highest BCUT2D eigenvalue weighted by molar-refractivity contribution is 7.02. The molecular formula is C90H52B2N4. The third-order valence-corrected chi connectivity index (χ3v) is 21.0. The minimum atomic E-state index is -0.242. The quantitative estimate of drug-likeness (QED) is 0.112. The molecule has 20 rings (SSSR count). The van der Waals surface area contributed by atoms with Gasteiger partial charge in [-0.1, -0.05) is 254 Å². The van der Waals surface area contributed by atoms with Crippen molar-refractivity contribution in [1.29, 1.82) is 10.5 Å². The van der Waals surface area contributed by atoms with Crippen LogP contribution in [0.15, 0.2) is 315 Å². The van der Waals surface area contributed by atoms with Crippen LogP contribution in [-0.4, -0.2) is 13.4 Å². The standard InChI is InChI=1S/C90H52B2N4/c93-53-55-45-73-69-49-67(83-63(57-25-7-1-8-26-57)37-23-38-64(83)58-27-9-2-10-28-58)71-51-77-86-70(74-46-56(54-94)48-82-90(74)91(77)75-41-19-21-43-79(75)96(82)62-35-17-6-18-36-62)50-68(84-65(59-29-11-3-12-30-59)39-24-40-66(84)60-31-13-4-14-32-60)72-52-78(85(69)87(71)88(72)86)92-76-42-20-22-44-80(76)95(81(47-55)89(73)92)61-33-15-5-16-34-61/h1-52H. The van der Waals surface area contributed by atoms with E-state index in [1.165, 1.54) is 54.3 Å². The molecule has 0 saturated carbocycles. The Morgan fingerprint density at radius 3 is 0.906 bits per heavy atom. The van der Waals surface area contributed by atoms with Gasteiger partial charge in [0.25, 0.3) is 0 Å². The van der Waals surface area contributed by atoms with Crippen LogP contribution < -0.4 is 42.6 Å². The first kappa shape index (κ1) is 53.9. The molecule has 16 aromatic carbocycles. The zero-order chi connectivity index (χ0) is 63.3. The average molecular weight is 1210 g/mol. The first-order valence-corrected chi connectivity index (χ1v) is 33.0. The molecule has 438 valence electrons. The summed E-state index contributed by atoms with van der Waals surface area (Å²) in [4.78, 5) is 4.79. The van der Waals surface area contributed by atoms with Gasteiger partial charge in [0, 0.05) is 34.1 Å². The van der Waals surface area contributed by atoms with Crippen LogP contribution >= 0.6 is 0 Å². The largest absolute Gasteiger partial charge is 0.311 e. The predicted octanol–water partition coefficient (Wildman–Crippen LogP) is 18.9. The SMILES string of the molecule is N#Cc1cc2c3c(c1)N(c1ccccc1)c1ccccc1B3c1cc3c(-c4c(-c5ccccc5)cccc4-c4ccccc4)cc4c5c(cc6c(-c7c(-c8ccccc8)cccc7-c7ccccc7)cc-2c1c6c35)B1c2ccccc2N(c2ccccc2)c2cc(C#N)cc-4c21. The predicted molar refractivity (Wildman–Crippen MR) is 402 cm³/mol. The number of anilines is 6. The molecule has 0 amide bonds. The number of hydrogen-bond donors (Lipinski definition) is 0. The van der Waals surface area contributed by atoms with Gasteiger partial charge in [-0.25, -0.2) is 0 Å². The first-order chi connectivity index (χ1) is 47.6. The van der Waals surface area contributed by atoms with Crippen molar-refractivity contribution in [1.82, 2.24) is 0 Å². The minimum absolute atomic E-state index is 0.242. The summed E-state index contributed by atoms with van der Waals surface area (Å²) >= 11 is 0. The van der Waals surface area contributed by atoms with E-state index in [-0.39, 0.29) is 13.4 Å².